The number of aromatic nitrogens is 1. The first-order valence-corrected chi connectivity index (χ1v) is 11.6. The molecule has 32 heavy (non-hydrogen) atoms. The topological polar surface area (TPSA) is 86.6 Å². The number of hydrogen-bond acceptors (Lipinski definition) is 5. The molecule has 0 bridgehead atoms. The Morgan fingerprint density at radius 2 is 1.62 bits per heavy atom. The van der Waals surface area contributed by atoms with Crippen molar-refractivity contribution in [1.29, 1.82) is 0 Å². The van der Waals surface area contributed by atoms with Crippen LogP contribution in [0.4, 0.5) is 5.69 Å². The van der Waals surface area contributed by atoms with Gasteiger partial charge in [0.25, 0.3) is 0 Å². The molecule has 1 aromatic heterocycles. The van der Waals surface area contributed by atoms with Crippen molar-refractivity contribution < 1.29 is 22.7 Å². The van der Waals surface area contributed by atoms with Gasteiger partial charge in [0.1, 0.15) is 19.8 Å². The highest BCUT2D eigenvalue weighted by atomic mass is 32.2. The quantitative estimate of drug-likeness (QED) is 0.501. The molecule has 0 saturated carbocycles. The Bertz CT molecular complexity index is 1410. The first-order chi connectivity index (χ1) is 15.5. The van der Waals surface area contributed by atoms with E-state index in [4.69, 9.17) is 9.47 Å². The average Bonchev–Trinajstić information content (AvgIpc) is 3.19. The molecule has 3 aromatic carbocycles. The van der Waals surface area contributed by atoms with Gasteiger partial charge in [0.2, 0.25) is 15.7 Å². The number of rotatable bonds is 5. The second kappa shape index (κ2) is 8.05. The Hall–Kier alpha value is -3.78. The Balaban J connectivity index is 1.44. The largest absolute Gasteiger partial charge is 0.486 e. The fraction of sp³-hybridized carbons (Fsp3) is 0.125. The van der Waals surface area contributed by atoms with Crippen LogP contribution in [0.3, 0.4) is 0 Å². The zero-order valence-corrected chi connectivity index (χ0v) is 17.8. The molecule has 0 saturated heterocycles. The lowest BCUT2D eigenvalue weighted by atomic mass is 10.2. The molecule has 1 aliphatic rings. The van der Waals surface area contributed by atoms with E-state index in [2.05, 4.69) is 5.32 Å². The normalized spacial score (nSPS) is 13.1. The van der Waals surface area contributed by atoms with E-state index in [-0.39, 0.29) is 22.2 Å². The highest BCUT2D eigenvalue weighted by Gasteiger charge is 2.23. The fourth-order valence-corrected chi connectivity index (χ4v) is 5.26. The summed E-state index contributed by atoms with van der Waals surface area (Å²) in [5.41, 5.74) is 1.24. The number of ether oxygens (including phenoxy) is 2. The van der Waals surface area contributed by atoms with Gasteiger partial charge in [-0.15, -0.1) is 0 Å². The maximum absolute atomic E-state index is 13.2. The van der Waals surface area contributed by atoms with Crippen molar-refractivity contribution in [2.75, 3.05) is 18.5 Å². The molecule has 0 fully saturated rings. The van der Waals surface area contributed by atoms with Crippen LogP contribution in [0.2, 0.25) is 0 Å². The van der Waals surface area contributed by atoms with Crippen molar-refractivity contribution in [3.8, 4) is 11.5 Å². The number of carbonyl (C=O) groups excluding carboxylic acids is 1. The molecule has 1 N–H and O–H groups in total. The molecule has 0 radical (unpaired) electrons. The van der Waals surface area contributed by atoms with Crippen LogP contribution >= 0.6 is 0 Å². The van der Waals surface area contributed by atoms with Gasteiger partial charge in [-0.25, -0.2) is 8.42 Å². The molecule has 8 heteroatoms. The van der Waals surface area contributed by atoms with Crippen LogP contribution in [0.25, 0.3) is 10.9 Å². The van der Waals surface area contributed by atoms with E-state index in [9.17, 15) is 13.2 Å². The first-order valence-electron chi connectivity index (χ1n) is 10.1. The lowest BCUT2D eigenvalue weighted by Crippen LogP contribution is -2.19. The van der Waals surface area contributed by atoms with E-state index in [0.717, 1.165) is 0 Å². The smallest absolute Gasteiger partial charge is 0.244 e. The lowest BCUT2D eigenvalue weighted by Gasteiger charge is -2.19. The summed E-state index contributed by atoms with van der Waals surface area (Å²) < 4.78 is 39.2. The summed E-state index contributed by atoms with van der Waals surface area (Å²) in [6.07, 6.45) is 1.52. The van der Waals surface area contributed by atoms with Gasteiger partial charge in [0.15, 0.2) is 11.5 Å². The van der Waals surface area contributed by atoms with Crippen LogP contribution in [0.1, 0.15) is 0 Å². The van der Waals surface area contributed by atoms with Crippen LogP contribution in [-0.4, -0.2) is 32.1 Å². The van der Waals surface area contributed by atoms with Crippen molar-refractivity contribution in [2.24, 2.45) is 0 Å². The average molecular weight is 449 g/mol. The van der Waals surface area contributed by atoms with Gasteiger partial charge in [-0.2, -0.15) is 0 Å². The molecule has 0 spiro atoms. The molecule has 0 aliphatic carbocycles. The molecule has 5 rings (SSSR count). The monoisotopic (exact) mass is 448 g/mol. The van der Waals surface area contributed by atoms with Crippen molar-refractivity contribution in [1.82, 2.24) is 4.57 Å². The standard InChI is InChI=1S/C24H20N2O5S/c27-24(25-17-10-11-21-22(14-17)31-13-12-30-21)16-26-15-23(19-8-4-5-9-20(19)26)32(28,29)18-6-2-1-3-7-18/h1-11,14-15H,12-13,16H2,(H,25,27). The number of benzene rings is 3. The summed E-state index contributed by atoms with van der Waals surface area (Å²) in [4.78, 5) is 13.2. The molecular formula is C24H20N2O5S. The number of nitrogens with zero attached hydrogens (tertiary/aromatic N) is 1. The van der Waals surface area contributed by atoms with E-state index < -0.39 is 9.84 Å². The van der Waals surface area contributed by atoms with Gasteiger partial charge < -0.3 is 19.4 Å². The van der Waals surface area contributed by atoms with Crippen molar-refractivity contribution in [3.05, 3.63) is 79.0 Å². The number of hydrogen-bond donors (Lipinski definition) is 1. The molecule has 0 unspecified atom stereocenters. The van der Waals surface area contributed by atoms with Crippen molar-refractivity contribution in [3.63, 3.8) is 0 Å². The third kappa shape index (κ3) is 3.69. The minimum absolute atomic E-state index is 0.0424. The second-order valence-electron chi connectivity index (χ2n) is 7.36. The van der Waals surface area contributed by atoms with E-state index in [1.54, 1.807) is 71.3 Å². The second-order valence-corrected chi connectivity index (χ2v) is 9.28. The number of anilines is 1. The minimum Gasteiger partial charge on any atom is -0.486 e. The molecule has 1 amide bonds. The summed E-state index contributed by atoms with van der Waals surface area (Å²) in [5, 5.41) is 3.41. The van der Waals surface area contributed by atoms with Gasteiger partial charge in [-0.1, -0.05) is 36.4 Å². The Morgan fingerprint density at radius 3 is 2.44 bits per heavy atom. The van der Waals surface area contributed by atoms with Crippen LogP contribution < -0.4 is 14.8 Å². The number of fused-ring (bicyclic) bond motifs is 2. The van der Waals surface area contributed by atoms with Crippen LogP contribution in [0, 0.1) is 0 Å². The Kier molecular flexibility index (Phi) is 5.07. The van der Waals surface area contributed by atoms with Crippen LogP contribution in [-0.2, 0) is 21.2 Å². The number of para-hydroxylation sites is 1. The number of nitrogens with one attached hydrogen (secondary N) is 1. The van der Waals surface area contributed by atoms with E-state index >= 15 is 0 Å². The Morgan fingerprint density at radius 1 is 0.906 bits per heavy atom. The number of amides is 1. The lowest BCUT2D eigenvalue weighted by molar-refractivity contribution is -0.116. The van der Waals surface area contributed by atoms with E-state index in [1.807, 2.05) is 6.07 Å². The summed E-state index contributed by atoms with van der Waals surface area (Å²) in [5.74, 6) is 0.934. The van der Waals surface area contributed by atoms with Crippen molar-refractivity contribution in [2.45, 2.75) is 16.3 Å². The molecule has 7 nitrogen and oxygen atoms in total. The minimum atomic E-state index is -3.73. The molecule has 162 valence electrons. The maximum Gasteiger partial charge on any atom is 0.244 e. The third-order valence-electron chi connectivity index (χ3n) is 5.23. The molecule has 1 aliphatic heterocycles. The summed E-state index contributed by atoms with van der Waals surface area (Å²) in [6.45, 7) is 0.908. The molecular weight excluding hydrogens is 428 g/mol. The van der Waals surface area contributed by atoms with E-state index in [0.29, 0.717) is 41.3 Å². The molecule has 4 aromatic rings. The highest BCUT2D eigenvalue weighted by molar-refractivity contribution is 7.91. The van der Waals surface area contributed by atoms with Gasteiger partial charge in [0, 0.05) is 28.9 Å². The van der Waals surface area contributed by atoms with Gasteiger partial charge in [-0.3, -0.25) is 4.79 Å². The number of carbonyl (C=O) groups is 1. The predicted molar refractivity (Wildman–Crippen MR) is 120 cm³/mol. The zero-order valence-electron chi connectivity index (χ0n) is 17.0. The van der Waals surface area contributed by atoms with Crippen LogP contribution in [0.15, 0.2) is 88.8 Å². The predicted octanol–water partition coefficient (Wildman–Crippen LogP) is 3.88. The molecule has 0 atom stereocenters. The van der Waals surface area contributed by atoms with Gasteiger partial charge in [0.05, 0.1) is 9.79 Å². The SMILES string of the molecule is O=C(Cn1cc(S(=O)(=O)c2ccccc2)c2ccccc21)Nc1ccc2c(c1)OCCO2. The fourth-order valence-electron chi connectivity index (χ4n) is 3.76. The summed E-state index contributed by atoms with van der Waals surface area (Å²) in [6, 6.07) is 20.6. The van der Waals surface area contributed by atoms with Crippen LogP contribution in [0.5, 0.6) is 11.5 Å². The molecule has 2 heterocycles. The first kappa shape index (κ1) is 20.1. The maximum atomic E-state index is 13.2. The third-order valence-corrected chi connectivity index (χ3v) is 7.03. The highest BCUT2D eigenvalue weighted by Crippen LogP contribution is 2.33. The van der Waals surface area contributed by atoms with Gasteiger partial charge in [-0.05, 0) is 30.3 Å². The Labute approximate surface area is 185 Å². The van der Waals surface area contributed by atoms with Gasteiger partial charge >= 0.3 is 0 Å². The summed E-state index contributed by atoms with van der Waals surface area (Å²) in [7, 11) is -3.73. The number of sulfone groups is 1. The van der Waals surface area contributed by atoms with Crippen molar-refractivity contribution >= 4 is 32.3 Å². The van der Waals surface area contributed by atoms with E-state index in [1.165, 1.54) is 6.20 Å². The zero-order chi connectivity index (χ0) is 22.1. The summed E-state index contributed by atoms with van der Waals surface area (Å²) >= 11 is 0.